The van der Waals surface area contributed by atoms with Crippen LogP contribution in [0.4, 0.5) is 0 Å². The number of carboxylic acids is 1. The van der Waals surface area contributed by atoms with Gasteiger partial charge in [-0.15, -0.1) is 0 Å². The first-order valence-corrected chi connectivity index (χ1v) is 4.65. The van der Waals surface area contributed by atoms with Gasteiger partial charge in [-0.25, -0.2) is 9.48 Å². The molecule has 0 aromatic carbocycles. The van der Waals surface area contributed by atoms with Gasteiger partial charge < -0.3 is 14.9 Å². The minimum atomic E-state index is -1.08. The molecule has 0 bridgehead atoms. The smallest absolute Gasteiger partial charge is 0.356 e. The molecule has 1 aromatic rings. The summed E-state index contributed by atoms with van der Waals surface area (Å²) in [5, 5.41) is 21.7. The Morgan fingerprint density at radius 2 is 2.53 bits per heavy atom. The predicted molar refractivity (Wildman–Crippen MR) is 49.9 cm³/mol. The van der Waals surface area contributed by atoms with Gasteiger partial charge in [0.2, 0.25) is 5.88 Å². The summed E-state index contributed by atoms with van der Waals surface area (Å²) >= 11 is 0. The Morgan fingerprint density at radius 3 is 3.13 bits per heavy atom. The summed E-state index contributed by atoms with van der Waals surface area (Å²) in [4.78, 5) is 10.7. The van der Waals surface area contributed by atoms with Crippen molar-refractivity contribution in [2.45, 2.75) is 25.5 Å². The first kappa shape index (κ1) is 9.97. The molecule has 15 heavy (non-hydrogen) atoms. The van der Waals surface area contributed by atoms with E-state index < -0.39 is 11.6 Å². The Kier molecular flexibility index (Phi) is 2.15. The van der Waals surface area contributed by atoms with Gasteiger partial charge in [-0.05, 0) is 6.92 Å². The molecule has 0 saturated carbocycles. The van der Waals surface area contributed by atoms with Crippen molar-refractivity contribution in [2.75, 3.05) is 6.61 Å². The fraction of sp³-hybridized carbons (Fsp3) is 0.556. The van der Waals surface area contributed by atoms with Crippen molar-refractivity contribution >= 4 is 5.97 Å². The molecule has 6 nitrogen and oxygen atoms in total. The Bertz CT molecular complexity index is 401. The van der Waals surface area contributed by atoms with E-state index in [4.69, 9.17) is 14.9 Å². The molecule has 2 heterocycles. The summed E-state index contributed by atoms with van der Waals surface area (Å²) in [5.41, 5.74) is -0.668. The van der Waals surface area contributed by atoms with Gasteiger partial charge in [0.1, 0.15) is 5.60 Å². The van der Waals surface area contributed by atoms with Crippen LogP contribution in [0.2, 0.25) is 0 Å². The molecule has 0 spiro atoms. The maximum atomic E-state index is 10.7. The van der Waals surface area contributed by atoms with Crippen molar-refractivity contribution in [1.82, 2.24) is 9.78 Å². The van der Waals surface area contributed by atoms with Gasteiger partial charge in [-0.2, -0.15) is 5.10 Å². The highest BCUT2D eigenvalue weighted by Crippen LogP contribution is 2.28. The fourth-order valence-corrected chi connectivity index (χ4v) is 1.50. The lowest BCUT2D eigenvalue weighted by atomic mass is 10.0. The standard InChI is InChI=1S/C9H12N2O4/c1-9(5-12)2-3-11-7(15-9)4-6(10-11)8(13)14/h4,12H,2-3,5H2,1H3,(H,13,14). The third-order valence-corrected chi connectivity index (χ3v) is 2.50. The summed E-state index contributed by atoms with van der Waals surface area (Å²) in [6.07, 6.45) is 0.608. The van der Waals surface area contributed by atoms with Crippen LogP contribution in [0, 0.1) is 0 Å². The number of ether oxygens (including phenoxy) is 1. The number of aliphatic hydroxyl groups is 1. The highest BCUT2D eigenvalue weighted by molar-refractivity contribution is 5.85. The number of nitrogens with zero attached hydrogens (tertiary/aromatic N) is 2. The second kappa shape index (κ2) is 3.23. The minimum Gasteiger partial charge on any atom is -0.476 e. The van der Waals surface area contributed by atoms with E-state index >= 15 is 0 Å². The molecule has 1 atom stereocenters. The predicted octanol–water partition coefficient (Wildman–Crippen LogP) is 0.115. The van der Waals surface area contributed by atoms with E-state index in [1.54, 1.807) is 6.92 Å². The topological polar surface area (TPSA) is 84.6 Å². The van der Waals surface area contributed by atoms with E-state index in [2.05, 4.69) is 5.10 Å². The van der Waals surface area contributed by atoms with Gasteiger partial charge in [-0.1, -0.05) is 0 Å². The zero-order valence-corrected chi connectivity index (χ0v) is 8.30. The molecule has 0 fully saturated rings. The first-order valence-electron chi connectivity index (χ1n) is 4.65. The van der Waals surface area contributed by atoms with Crippen LogP contribution in [0.5, 0.6) is 5.88 Å². The maximum Gasteiger partial charge on any atom is 0.356 e. The zero-order chi connectivity index (χ0) is 11.1. The van der Waals surface area contributed by atoms with Crippen LogP contribution >= 0.6 is 0 Å². The Balaban J connectivity index is 2.30. The molecular formula is C9H12N2O4. The van der Waals surface area contributed by atoms with Gasteiger partial charge in [0, 0.05) is 19.0 Å². The van der Waals surface area contributed by atoms with E-state index in [0.717, 1.165) is 0 Å². The summed E-state index contributed by atoms with van der Waals surface area (Å²) in [6.45, 7) is 2.24. The molecule has 1 aromatic heterocycles. The number of fused-ring (bicyclic) bond motifs is 1. The summed E-state index contributed by atoms with van der Waals surface area (Å²) in [5.74, 6) is -0.679. The normalized spacial score (nSPS) is 24.4. The van der Waals surface area contributed by atoms with Gasteiger partial charge >= 0.3 is 5.97 Å². The van der Waals surface area contributed by atoms with Crippen molar-refractivity contribution in [3.8, 4) is 5.88 Å². The van der Waals surface area contributed by atoms with Crippen LogP contribution in [0.25, 0.3) is 0 Å². The number of hydrogen-bond acceptors (Lipinski definition) is 4. The summed E-state index contributed by atoms with van der Waals surface area (Å²) in [7, 11) is 0. The van der Waals surface area contributed by atoms with Crippen LogP contribution < -0.4 is 4.74 Å². The fourth-order valence-electron chi connectivity index (χ4n) is 1.50. The molecule has 2 rings (SSSR count). The SMILES string of the molecule is CC1(CO)CCn2nc(C(=O)O)cc2O1. The molecule has 0 saturated heterocycles. The molecule has 0 amide bonds. The van der Waals surface area contributed by atoms with E-state index in [0.29, 0.717) is 18.8 Å². The Morgan fingerprint density at radius 1 is 1.80 bits per heavy atom. The molecule has 82 valence electrons. The Hall–Kier alpha value is -1.56. The number of hydrogen-bond donors (Lipinski definition) is 2. The molecule has 1 aliphatic heterocycles. The van der Waals surface area contributed by atoms with Crippen LogP contribution in [-0.2, 0) is 6.54 Å². The van der Waals surface area contributed by atoms with Gasteiger partial charge in [0.25, 0.3) is 0 Å². The molecule has 0 aliphatic carbocycles. The second-order valence-corrected chi connectivity index (χ2v) is 3.86. The number of aliphatic hydroxyl groups excluding tert-OH is 1. The largest absolute Gasteiger partial charge is 0.476 e. The maximum absolute atomic E-state index is 10.7. The quantitative estimate of drug-likeness (QED) is 0.727. The lowest BCUT2D eigenvalue weighted by Crippen LogP contribution is -2.41. The average Bonchev–Trinajstić information content (AvgIpc) is 2.60. The average molecular weight is 212 g/mol. The summed E-state index contributed by atoms with van der Waals surface area (Å²) in [6, 6.07) is 1.37. The molecule has 1 unspecified atom stereocenters. The van der Waals surface area contributed by atoms with E-state index in [9.17, 15) is 4.79 Å². The highest BCUT2D eigenvalue weighted by Gasteiger charge is 2.32. The van der Waals surface area contributed by atoms with Gasteiger partial charge in [-0.3, -0.25) is 0 Å². The number of aromatic carboxylic acids is 1. The molecule has 6 heteroatoms. The van der Waals surface area contributed by atoms with Crippen molar-refractivity contribution in [3.63, 3.8) is 0 Å². The third-order valence-electron chi connectivity index (χ3n) is 2.50. The number of aryl methyl sites for hydroxylation is 1. The second-order valence-electron chi connectivity index (χ2n) is 3.86. The van der Waals surface area contributed by atoms with E-state index in [1.165, 1.54) is 10.7 Å². The third kappa shape index (κ3) is 1.68. The van der Waals surface area contributed by atoms with Crippen LogP contribution in [-0.4, -0.2) is 38.2 Å². The van der Waals surface area contributed by atoms with Gasteiger partial charge in [0.15, 0.2) is 5.69 Å². The van der Waals surface area contributed by atoms with Crippen LogP contribution in [0.15, 0.2) is 6.07 Å². The van der Waals surface area contributed by atoms with Crippen molar-refractivity contribution in [1.29, 1.82) is 0 Å². The van der Waals surface area contributed by atoms with E-state index in [-0.39, 0.29) is 12.3 Å². The zero-order valence-electron chi connectivity index (χ0n) is 8.30. The van der Waals surface area contributed by atoms with Crippen LogP contribution in [0.3, 0.4) is 0 Å². The van der Waals surface area contributed by atoms with Crippen LogP contribution in [0.1, 0.15) is 23.8 Å². The first-order chi connectivity index (χ1) is 7.04. The minimum absolute atomic E-state index is 0.0350. The number of aromatic nitrogens is 2. The number of carboxylic acid groups (broad SMARTS) is 1. The lowest BCUT2D eigenvalue weighted by Gasteiger charge is -2.32. The molecule has 0 radical (unpaired) electrons. The van der Waals surface area contributed by atoms with Crippen molar-refractivity contribution < 1.29 is 19.7 Å². The summed E-state index contributed by atoms with van der Waals surface area (Å²) < 4.78 is 6.99. The van der Waals surface area contributed by atoms with Gasteiger partial charge in [0.05, 0.1) is 6.61 Å². The van der Waals surface area contributed by atoms with E-state index in [1.807, 2.05) is 0 Å². The van der Waals surface area contributed by atoms with Crippen molar-refractivity contribution in [3.05, 3.63) is 11.8 Å². The highest BCUT2D eigenvalue weighted by atomic mass is 16.5. The molecular weight excluding hydrogens is 200 g/mol. The number of rotatable bonds is 2. The van der Waals surface area contributed by atoms with Crippen molar-refractivity contribution in [2.24, 2.45) is 0 Å². The number of carbonyl (C=O) groups is 1. The monoisotopic (exact) mass is 212 g/mol. The molecule has 1 aliphatic rings. The lowest BCUT2D eigenvalue weighted by molar-refractivity contribution is -0.0122. The molecule has 2 N–H and O–H groups in total. The Labute approximate surface area is 86.1 Å².